The van der Waals surface area contributed by atoms with Crippen LogP contribution in [0.25, 0.3) is 0 Å². The van der Waals surface area contributed by atoms with Crippen LogP contribution in [0.1, 0.15) is 56.3 Å². The van der Waals surface area contributed by atoms with E-state index in [1.807, 2.05) is 0 Å². The Morgan fingerprint density at radius 2 is 1.65 bits per heavy atom. The van der Waals surface area contributed by atoms with Gasteiger partial charge in [0.25, 0.3) is 0 Å². The van der Waals surface area contributed by atoms with Crippen LogP contribution in [0.15, 0.2) is 29.2 Å². The predicted molar refractivity (Wildman–Crippen MR) is 97.1 cm³/mol. The van der Waals surface area contributed by atoms with E-state index in [4.69, 9.17) is 9.99 Å². The Balaban J connectivity index is 1.53. The van der Waals surface area contributed by atoms with Crippen molar-refractivity contribution >= 4 is 18.0 Å². The number of hydrogen-bond acceptors (Lipinski definition) is 6. The molecule has 0 heterocycles. The lowest BCUT2D eigenvalue weighted by Gasteiger charge is -2.61. The Morgan fingerprint density at radius 1 is 1.08 bits per heavy atom. The Morgan fingerprint density at radius 3 is 2.15 bits per heavy atom. The van der Waals surface area contributed by atoms with Crippen LogP contribution in [0.5, 0.6) is 0 Å². The summed E-state index contributed by atoms with van der Waals surface area (Å²) in [5.41, 5.74) is 0.235. The first-order valence-electron chi connectivity index (χ1n) is 9.51. The molecule has 142 valence electrons. The fraction of sp³-hybridized carbons (Fsp3) is 0.650. The molecule has 5 rings (SSSR count). The average molecular weight is 378 g/mol. The molecule has 0 unspecified atom stereocenters. The van der Waals surface area contributed by atoms with E-state index < -0.39 is 0 Å². The third kappa shape index (κ3) is 3.07. The molecule has 4 aliphatic carbocycles. The fourth-order valence-corrected chi connectivity index (χ4v) is 6.42. The van der Waals surface area contributed by atoms with E-state index in [0.717, 1.165) is 28.8 Å². The Bertz CT molecular complexity index is 629. The second-order valence-electron chi connectivity index (χ2n) is 8.45. The highest BCUT2D eigenvalue weighted by Crippen LogP contribution is 2.61. The van der Waals surface area contributed by atoms with Crippen molar-refractivity contribution in [2.24, 2.45) is 29.6 Å². The maximum atomic E-state index is 12.9. The van der Waals surface area contributed by atoms with Gasteiger partial charge in [0, 0.05) is 4.90 Å². The molecule has 0 radical (unpaired) electrons. The summed E-state index contributed by atoms with van der Waals surface area (Å²) in [4.78, 5) is 13.7. The summed E-state index contributed by atoms with van der Waals surface area (Å²) in [6.45, 7) is 4.42. The molecule has 1 N–H and O–H groups in total. The Labute approximate surface area is 158 Å². The summed E-state index contributed by atoms with van der Waals surface area (Å²) in [6.07, 6.45) is 6.24. The summed E-state index contributed by atoms with van der Waals surface area (Å²) in [6, 6.07) is 6.96. The van der Waals surface area contributed by atoms with Crippen molar-refractivity contribution in [3.05, 3.63) is 29.8 Å². The molecule has 0 amide bonds. The number of hydrogen-bond donors (Lipinski definition) is 1. The second-order valence-corrected chi connectivity index (χ2v) is 9.23. The first kappa shape index (κ1) is 18.3. The Hall–Kier alpha value is -1.08. The van der Waals surface area contributed by atoms with E-state index in [1.165, 1.54) is 32.1 Å². The standard InChI is InChI=1S/C20H26O5S/c1-12(2)20(16-8-13-7-14(10-16)11-17(20)9-13)23-19(21)15-3-5-18(6-4-15)26-25-24-22/h3-6,12-14,16-17,22H,7-11H2,1-2H3. The number of benzene rings is 1. The molecule has 1 aromatic carbocycles. The van der Waals surface area contributed by atoms with Crippen LogP contribution in [0.3, 0.4) is 0 Å². The number of carbonyl (C=O) groups is 1. The van der Waals surface area contributed by atoms with E-state index in [1.54, 1.807) is 24.3 Å². The maximum absolute atomic E-state index is 12.9. The van der Waals surface area contributed by atoms with Crippen LogP contribution < -0.4 is 0 Å². The molecule has 0 atom stereocenters. The van der Waals surface area contributed by atoms with Crippen molar-refractivity contribution in [1.29, 1.82) is 0 Å². The van der Waals surface area contributed by atoms with E-state index in [2.05, 4.69) is 23.2 Å². The molecule has 5 nitrogen and oxygen atoms in total. The van der Waals surface area contributed by atoms with E-state index >= 15 is 0 Å². The van der Waals surface area contributed by atoms with Gasteiger partial charge in [-0.2, -0.15) is 0 Å². The molecule has 6 heteroatoms. The van der Waals surface area contributed by atoms with Gasteiger partial charge < -0.3 is 4.74 Å². The zero-order valence-electron chi connectivity index (χ0n) is 15.2. The number of rotatable bonds is 6. The molecular weight excluding hydrogens is 352 g/mol. The quantitative estimate of drug-likeness (QED) is 0.321. The van der Waals surface area contributed by atoms with Crippen molar-refractivity contribution in [3.8, 4) is 0 Å². The third-order valence-electron chi connectivity index (χ3n) is 6.84. The zero-order chi connectivity index (χ0) is 18.3. The van der Waals surface area contributed by atoms with Crippen LogP contribution in [-0.4, -0.2) is 16.8 Å². The van der Waals surface area contributed by atoms with Gasteiger partial charge in [-0.15, -0.1) is 4.33 Å². The molecule has 26 heavy (non-hydrogen) atoms. The van der Waals surface area contributed by atoms with Gasteiger partial charge in [0.15, 0.2) is 0 Å². The zero-order valence-corrected chi connectivity index (χ0v) is 16.0. The molecule has 4 aliphatic rings. The van der Waals surface area contributed by atoms with Gasteiger partial charge in [0.1, 0.15) is 5.60 Å². The number of ether oxygens (including phenoxy) is 1. The molecular formula is C20H26O5S. The van der Waals surface area contributed by atoms with Gasteiger partial charge >= 0.3 is 5.97 Å². The molecule has 1 aromatic rings. The highest BCUT2D eigenvalue weighted by molar-refractivity contribution is 7.94. The Kier molecular flexibility index (Phi) is 5.03. The lowest BCUT2D eigenvalue weighted by atomic mass is 9.47. The van der Waals surface area contributed by atoms with Crippen LogP contribution in [0.4, 0.5) is 0 Å². The maximum Gasteiger partial charge on any atom is 0.338 e. The molecule has 0 aromatic heterocycles. The molecule has 0 saturated heterocycles. The SMILES string of the molecule is CC(C)C1(OC(=O)c2ccc(SOOO)cc2)C2CC3CC(C2)CC1C3. The third-order valence-corrected chi connectivity index (χ3v) is 7.43. The second kappa shape index (κ2) is 7.15. The van der Waals surface area contributed by atoms with E-state index in [9.17, 15) is 4.79 Å². The average Bonchev–Trinajstić information content (AvgIpc) is 2.62. The van der Waals surface area contributed by atoms with Gasteiger partial charge in [-0.1, -0.05) is 18.9 Å². The minimum absolute atomic E-state index is 0.234. The summed E-state index contributed by atoms with van der Waals surface area (Å²) < 4.78 is 10.8. The summed E-state index contributed by atoms with van der Waals surface area (Å²) in [5.74, 6) is 2.79. The first-order valence-corrected chi connectivity index (χ1v) is 10.2. The molecule has 0 aliphatic heterocycles. The lowest BCUT2D eigenvalue weighted by molar-refractivity contribution is -0.432. The predicted octanol–water partition coefficient (Wildman–Crippen LogP) is 5.12. The van der Waals surface area contributed by atoms with Gasteiger partial charge in [0.05, 0.1) is 17.6 Å². The van der Waals surface area contributed by atoms with Crippen molar-refractivity contribution < 1.29 is 24.2 Å². The van der Waals surface area contributed by atoms with Gasteiger partial charge in [0.2, 0.25) is 0 Å². The highest BCUT2D eigenvalue weighted by atomic mass is 32.2. The summed E-state index contributed by atoms with van der Waals surface area (Å²) in [7, 11) is 0. The van der Waals surface area contributed by atoms with Gasteiger partial charge in [-0.05, 0) is 86.0 Å². The monoisotopic (exact) mass is 378 g/mol. The van der Waals surface area contributed by atoms with E-state index in [0.29, 0.717) is 23.3 Å². The number of carbonyl (C=O) groups excluding carboxylic acids is 1. The van der Waals surface area contributed by atoms with E-state index in [-0.39, 0.29) is 11.6 Å². The highest BCUT2D eigenvalue weighted by Gasteiger charge is 2.60. The van der Waals surface area contributed by atoms with Gasteiger partial charge in [-0.25, -0.2) is 10.1 Å². The summed E-state index contributed by atoms with van der Waals surface area (Å²) >= 11 is 0.875. The summed E-state index contributed by atoms with van der Waals surface area (Å²) in [5, 5.41) is 11.8. The van der Waals surface area contributed by atoms with Crippen LogP contribution in [0.2, 0.25) is 0 Å². The van der Waals surface area contributed by atoms with Crippen molar-refractivity contribution in [2.75, 3.05) is 0 Å². The van der Waals surface area contributed by atoms with Crippen LogP contribution in [0, 0.1) is 29.6 Å². The minimum Gasteiger partial charge on any atom is -0.455 e. The molecule has 0 spiro atoms. The largest absolute Gasteiger partial charge is 0.455 e. The fourth-order valence-electron chi connectivity index (χ4n) is 6.07. The first-order chi connectivity index (χ1) is 12.5. The molecule has 4 saturated carbocycles. The molecule has 4 bridgehead atoms. The minimum atomic E-state index is -0.314. The normalized spacial score (nSPS) is 35.1. The molecule has 4 fully saturated rings. The van der Waals surface area contributed by atoms with Crippen LogP contribution >= 0.6 is 12.0 Å². The van der Waals surface area contributed by atoms with Crippen molar-refractivity contribution in [2.45, 2.75) is 56.4 Å². The lowest BCUT2D eigenvalue weighted by Crippen LogP contribution is -2.62. The van der Waals surface area contributed by atoms with Crippen LogP contribution in [-0.2, 0) is 14.1 Å². The van der Waals surface area contributed by atoms with Crippen molar-refractivity contribution in [3.63, 3.8) is 0 Å². The number of esters is 1. The van der Waals surface area contributed by atoms with Gasteiger partial charge in [-0.3, -0.25) is 0 Å². The smallest absolute Gasteiger partial charge is 0.338 e. The topological polar surface area (TPSA) is 65.0 Å². The van der Waals surface area contributed by atoms with Crippen molar-refractivity contribution in [1.82, 2.24) is 0 Å².